The smallest absolute Gasteiger partial charge is 0.312 e. The molecule has 0 atom stereocenters. The molecule has 1 aliphatic heterocycles. The Hall–Kier alpha value is -1.10. The van der Waals surface area contributed by atoms with E-state index in [1.807, 2.05) is 17.0 Å². The van der Waals surface area contributed by atoms with Crippen LogP contribution in [0.5, 0.6) is 0 Å². The second-order valence-corrected chi connectivity index (χ2v) is 4.38. The molecule has 1 aromatic heterocycles. The molecule has 0 spiro atoms. The lowest BCUT2D eigenvalue weighted by Crippen LogP contribution is -2.51. The maximum absolute atomic E-state index is 11.1. The Morgan fingerprint density at radius 3 is 2.87 bits per heavy atom. The van der Waals surface area contributed by atoms with E-state index in [0.717, 1.165) is 10.3 Å². The van der Waals surface area contributed by atoms with Crippen molar-refractivity contribution >= 4 is 27.7 Å². The molecule has 0 aromatic carbocycles. The van der Waals surface area contributed by atoms with E-state index in [-0.39, 0.29) is 11.9 Å². The van der Waals surface area contributed by atoms with Crippen LogP contribution in [0.1, 0.15) is 0 Å². The molecule has 0 saturated carbocycles. The fraction of sp³-hybridized carbons (Fsp3) is 0.400. The Bertz CT molecular complexity index is 360. The van der Waals surface area contributed by atoms with Gasteiger partial charge in [-0.15, -0.1) is 0 Å². The minimum Gasteiger partial charge on any atom is -0.469 e. The summed E-state index contributed by atoms with van der Waals surface area (Å²) in [7, 11) is 1.42. The van der Waals surface area contributed by atoms with Crippen LogP contribution in [0.15, 0.2) is 22.8 Å². The minimum atomic E-state index is -0.136. The van der Waals surface area contributed by atoms with Gasteiger partial charge in [-0.1, -0.05) is 0 Å². The van der Waals surface area contributed by atoms with Crippen LogP contribution in [-0.2, 0) is 9.53 Å². The lowest BCUT2D eigenvalue weighted by molar-refractivity contribution is -0.146. The highest BCUT2D eigenvalue weighted by Crippen LogP contribution is 2.24. The Labute approximate surface area is 96.4 Å². The predicted molar refractivity (Wildman–Crippen MR) is 59.7 cm³/mol. The topological polar surface area (TPSA) is 42.4 Å². The molecule has 2 rings (SSSR count). The number of aromatic nitrogens is 1. The number of rotatable bonds is 2. The van der Waals surface area contributed by atoms with Crippen molar-refractivity contribution in [2.75, 3.05) is 25.1 Å². The van der Waals surface area contributed by atoms with Crippen molar-refractivity contribution in [1.82, 2.24) is 4.98 Å². The molecule has 0 N–H and O–H groups in total. The Balaban J connectivity index is 1.94. The quantitative estimate of drug-likeness (QED) is 0.764. The molecule has 5 heteroatoms. The van der Waals surface area contributed by atoms with Crippen molar-refractivity contribution in [3.05, 3.63) is 22.8 Å². The van der Waals surface area contributed by atoms with Crippen LogP contribution >= 0.6 is 15.9 Å². The third kappa shape index (κ3) is 2.12. The predicted octanol–water partition coefficient (Wildman–Crippen LogP) is 1.45. The first-order valence-corrected chi connectivity index (χ1v) is 5.44. The van der Waals surface area contributed by atoms with Crippen LogP contribution in [0.2, 0.25) is 0 Å². The van der Waals surface area contributed by atoms with Crippen molar-refractivity contribution < 1.29 is 9.53 Å². The van der Waals surface area contributed by atoms with Crippen LogP contribution in [0.3, 0.4) is 0 Å². The van der Waals surface area contributed by atoms with Crippen LogP contribution in [0.25, 0.3) is 0 Å². The van der Waals surface area contributed by atoms with E-state index >= 15 is 0 Å². The van der Waals surface area contributed by atoms with Crippen molar-refractivity contribution in [2.45, 2.75) is 0 Å². The van der Waals surface area contributed by atoms with Crippen LogP contribution < -0.4 is 4.90 Å². The summed E-state index contributed by atoms with van der Waals surface area (Å²) in [6.45, 7) is 1.39. The van der Waals surface area contributed by atoms with Crippen molar-refractivity contribution in [1.29, 1.82) is 0 Å². The first kappa shape index (κ1) is 10.4. The molecular formula is C10H11BrN2O2. The van der Waals surface area contributed by atoms with Crippen molar-refractivity contribution in [2.24, 2.45) is 5.92 Å². The monoisotopic (exact) mass is 270 g/mol. The van der Waals surface area contributed by atoms with Crippen molar-refractivity contribution in [3.63, 3.8) is 0 Å². The highest BCUT2D eigenvalue weighted by molar-refractivity contribution is 9.10. The summed E-state index contributed by atoms with van der Waals surface area (Å²) in [5, 5.41) is 0. The summed E-state index contributed by atoms with van der Waals surface area (Å²) in [4.78, 5) is 17.4. The number of hydrogen-bond acceptors (Lipinski definition) is 4. The zero-order valence-electron chi connectivity index (χ0n) is 8.31. The molecule has 1 fully saturated rings. The van der Waals surface area contributed by atoms with Gasteiger partial charge in [0.2, 0.25) is 0 Å². The van der Waals surface area contributed by atoms with Gasteiger partial charge in [-0.05, 0) is 28.1 Å². The first-order valence-electron chi connectivity index (χ1n) is 4.65. The van der Waals surface area contributed by atoms with Crippen LogP contribution in [0, 0.1) is 5.92 Å². The molecule has 80 valence electrons. The van der Waals surface area contributed by atoms with Gasteiger partial charge in [0.25, 0.3) is 0 Å². The molecule has 4 nitrogen and oxygen atoms in total. The van der Waals surface area contributed by atoms with Gasteiger partial charge in [0.1, 0.15) is 5.82 Å². The summed E-state index contributed by atoms with van der Waals surface area (Å²) >= 11 is 3.33. The van der Waals surface area contributed by atoms with E-state index in [1.165, 1.54) is 7.11 Å². The Morgan fingerprint density at radius 1 is 1.60 bits per heavy atom. The molecule has 2 heterocycles. The zero-order valence-corrected chi connectivity index (χ0v) is 9.90. The maximum Gasteiger partial charge on any atom is 0.312 e. The molecule has 1 aliphatic rings. The Kier molecular flexibility index (Phi) is 2.90. The number of carbonyl (C=O) groups excluding carboxylic acids is 1. The number of methoxy groups -OCH3 is 1. The van der Waals surface area contributed by atoms with Crippen molar-refractivity contribution in [3.8, 4) is 0 Å². The minimum absolute atomic E-state index is 0.000414. The molecule has 15 heavy (non-hydrogen) atoms. The SMILES string of the molecule is COC(=O)C1CN(c2ccc(Br)cn2)C1. The van der Waals surface area contributed by atoms with Gasteiger partial charge in [-0.25, -0.2) is 4.98 Å². The Morgan fingerprint density at radius 2 is 2.33 bits per heavy atom. The number of pyridine rings is 1. The number of halogens is 1. The number of esters is 1. The van der Waals surface area contributed by atoms with Gasteiger partial charge < -0.3 is 9.64 Å². The molecule has 1 aromatic rings. The molecular weight excluding hydrogens is 260 g/mol. The lowest BCUT2D eigenvalue weighted by atomic mass is 10.0. The first-order chi connectivity index (χ1) is 7.20. The van der Waals surface area contributed by atoms with Gasteiger partial charge in [0, 0.05) is 23.8 Å². The molecule has 0 unspecified atom stereocenters. The highest BCUT2D eigenvalue weighted by Gasteiger charge is 2.34. The van der Waals surface area contributed by atoms with E-state index in [1.54, 1.807) is 6.20 Å². The molecule has 0 radical (unpaired) electrons. The molecule has 1 saturated heterocycles. The second-order valence-electron chi connectivity index (χ2n) is 3.46. The summed E-state index contributed by atoms with van der Waals surface area (Å²) in [6.07, 6.45) is 1.75. The largest absolute Gasteiger partial charge is 0.469 e. The van der Waals surface area contributed by atoms with Gasteiger partial charge in [-0.2, -0.15) is 0 Å². The lowest BCUT2D eigenvalue weighted by Gasteiger charge is -2.38. The highest BCUT2D eigenvalue weighted by atomic mass is 79.9. The number of anilines is 1. The third-order valence-electron chi connectivity index (χ3n) is 2.45. The molecule has 0 aliphatic carbocycles. The number of nitrogens with zero attached hydrogens (tertiary/aromatic N) is 2. The van der Waals surface area contributed by atoms with E-state index < -0.39 is 0 Å². The summed E-state index contributed by atoms with van der Waals surface area (Å²) in [5.41, 5.74) is 0. The normalized spacial score (nSPS) is 16.0. The number of hydrogen-bond donors (Lipinski definition) is 0. The van der Waals surface area contributed by atoms with Gasteiger partial charge >= 0.3 is 5.97 Å². The second kappa shape index (κ2) is 4.18. The standard InChI is InChI=1S/C10H11BrN2O2/c1-15-10(14)7-5-13(6-7)9-3-2-8(11)4-12-9/h2-4,7H,5-6H2,1H3. The molecule has 0 amide bonds. The van der Waals surface area contributed by atoms with E-state index in [2.05, 4.69) is 25.7 Å². The maximum atomic E-state index is 11.1. The van der Waals surface area contributed by atoms with Crippen LogP contribution in [-0.4, -0.2) is 31.2 Å². The summed E-state index contributed by atoms with van der Waals surface area (Å²) < 4.78 is 5.62. The number of ether oxygens (including phenoxy) is 1. The van der Waals surface area contributed by atoms with Gasteiger partial charge in [0.05, 0.1) is 13.0 Å². The average Bonchev–Trinajstić information content (AvgIpc) is 2.18. The fourth-order valence-electron chi connectivity index (χ4n) is 1.54. The van der Waals surface area contributed by atoms with Gasteiger partial charge in [0.15, 0.2) is 0 Å². The van der Waals surface area contributed by atoms with Gasteiger partial charge in [-0.3, -0.25) is 4.79 Å². The number of carbonyl (C=O) groups is 1. The molecule has 0 bridgehead atoms. The summed E-state index contributed by atoms with van der Waals surface area (Å²) in [6, 6.07) is 3.87. The van der Waals surface area contributed by atoms with Crippen LogP contribution in [0.4, 0.5) is 5.82 Å². The van der Waals surface area contributed by atoms with E-state index in [4.69, 9.17) is 0 Å². The zero-order chi connectivity index (χ0) is 10.8. The summed E-state index contributed by atoms with van der Waals surface area (Å²) in [5.74, 6) is 0.766. The third-order valence-corrected chi connectivity index (χ3v) is 2.92. The fourth-order valence-corrected chi connectivity index (χ4v) is 1.77. The average molecular weight is 271 g/mol. The van der Waals surface area contributed by atoms with E-state index in [9.17, 15) is 4.79 Å². The van der Waals surface area contributed by atoms with E-state index in [0.29, 0.717) is 13.1 Å².